The first-order chi connectivity index (χ1) is 9.56. The number of carbonyl (C=O) groups excluding carboxylic acids is 1. The predicted molar refractivity (Wildman–Crippen MR) is 76.6 cm³/mol. The van der Waals surface area contributed by atoms with Gasteiger partial charge in [-0.25, -0.2) is 0 Å². The first-order valence-corrected chi connectivity index (χ1v) is 6.57. The molecule has 0 aliphatic rings. The fourth-order valence-electron chi connectivity index (χ4n) is 1.80. The first-order valence-electron chi connectivity index (χ1n) is 6.57. The topological polar surface area (TPSA) is 56.2 Å². The quantitative estimate of drug-likeness (QED) is 0.908. The highest BCUT2D eigenvalue weighted by atomic mass is 16.5. The SMILES string of the molecule is CC(C)NC(=O)c1cn(C)nc1OCc1ccccc1. The van der Waals surface area contributed by atoms with Crippen LogP contribution < -0.4 is 10.1 Å². The average molecular weight is 273 g/mol. The summed E-state index contributed by atoms with van der Waals surface area (Å²) >= 11 is 0. The molecule has 1 heterocycles. The monoisotopic (exact) mass is 273 g/mol. The van der Waals surface area contributed by atoms with Crippen LogP contribution in [-0.4, -0.2) is 21.7 Å². The molecule has 0 atom stereocenters. The number of benzene rings is 1. The van der Waals surface area contributed by atoms with Gasteiger partial charge < -0.3 is 10.1 Å². The molecule has 0 aliphatic carbocycles. The van der Waals surface area contributed by atoms with Crippen LogP contribution in [0.4, 0.5) is 0 Å². The van der Waals surface area contributed by atoms with Gasteiger partial charge >= 0.3 is 0 Å². The van der Waals surface area contributed by atoms with Crippen molar-refractivity contribution in [2.45, 2.75) is 26.5 Å². The van der Waals surface area contributed by atoms with E-state index in [4.69, 9.17) is 4.74 Å². The van der Waals surface area contributed by atoms with E-state index in [0.717, 1.165) is 5.56 Å². The van der Waals surface area contributed by atoms with Crippen LogP contribution in [0.2, 0.25) is 0 Å². The van der Waals surface area contributed by atoms with Crippen molar-refractivity contribution >= 4 is 5.91 Å². The number of aryl methyl sites for hydroxylation is 1. The smallest absolute Gasteiger partial charge is 0.258 e. The summed E-state index contributed by atoms with van der Waals surface area (Å²) in [6, 6.07) is 9.86. The van der Waals surface area contributed by atoms with E-state index in [9.17, 15) is 4.79 Å². The molecule has 0 bridgehead atoms. The summed E-state index contributed by atoms with van der Waals surface area (Å²) in [6.45, 7) is 4.22. The Balaban J connectivity index is 2.10. The van der Waals surface area contributed by atoms with Crippen LogP contribution >= 0.6 is 0 Å². The molecule has 0 saturated heterocycles. The molecule has 0 unspecified atom stereocenters. The lowest BCUT2D eigenvalue weighted by Gasteiger charge is -2.08. The Bertz CT molecular complexity index is 576. The van der Waals surface area contributed by atoms with Crippen LogP contribution in [0.25, 0.3) is 0 Å². The van der Waals surface area contributed by atoms with Gasteiger partial charge in [0.25, 0.3) is 5.91 Å². The molecule has 2 rings (SSSR count). The molecule has 5 heteroatoms. The Labute approximate surface area is 118 Å². The van der Waals surface area contributed by atoms with Gasteiger partial charge in [0.2, 0.25) is 5.88 Å². The standard InChI is InChI=1S/C15H19N3O2/c1-11(2)16-14(19)13-9-18(3)17-15(13)20-10-12-7-5-4-6-8-12/h4-9,11H,10H2,1-3H3,(H,16,19). The highest BCUT2D eigenvalue weighted by Crippen LogP contribution is 2.17. The van der Waals surface area contributed by atoms with Gasteiger partial charge in [-0.1, -0.05) is 30.3 Å². The minimum atomic E-state index is -0.170. The number of aromatic nitrogens is 2. The fraction of sp³-hybridized carbons (Fsp3) is 0.333. The molecule has 0 saturated carbocycles. The first kappa shape index (κ1) is 14.1. The lowest BCUT2D eigenvalue weighted by Crippen LogP contribution is -2.30. The molecule has 1 amide bonds. The van der Waals surface area contributed by atoms with Gasteiger partial charge in [-0.2, -0.15) is 0 Å². The van der Waals surface area contributed by atoms with Gasteiger partial charge in [-0.15, -0.1) is 5.10 Å². The third-order valence-electron chi connectivity index (χ3n) is 2.68. The summed E-state index contributed by atoms with van der Waals surface area (Å²) in [5.41, 5.74) is 1.49. The highest BCUT2D eigenvalue weighted by molar-refractivity contribution is 5.96. The van der Waals surface area contributed by atoms with Crippen molar-refractivity contribution in [1.82, 2.24) is 15.1 Å². The van der Waals surface area contributed by atoms with Crippen molar-refractivity contribution in [3.05, 3.63) is 47.7 Å². The minimum Gasteiger partial charge on any atom is -0.471 e. The van der Waals surface area contributed by atoms with Crippen LogP contribution in [0.5, 0.6) is 5.88 Å². The van der Waals surface area contributed by atoms with E-state index in [-0.39, 0.29) is 11.9 Å². The van der Waals surface area contributed by atoms with Crippen LogP contribution in [0.15, 0.2) is 36.5 Å². The number of carbonyl (C=O) groups is 1. The van der Waals surface area contributed by atoms with E-state index in [1.807, 2.05) is 44.2 Å². The second-order valence-electron chi connectivity index (χ2n) is 4.92. The second-order valence-corrected chi connectivity index (χ2v) is 4.92. The Morgan fingerprint density at radius 2 is 2.05 bits per heavy atom. The Hall–Kier alpha value is -2.30. The van der Waals surface area contributed by atoms with Gasteiger partial charge in [-0.3, -0.25) is 9.48 Å². The molecule has 20 heavy (non-hydrogen) atoms. The van der Waals surface area contributed by atoms with Crippen molar-refractivity contribution in [2.75, 3.05) is 0 Å². The average Bonchev–Trinajstić information content (AvgIpc) is 2.78. The minimum absolute atomic E-state index is 0.0738. The fourth-order valence-corrected chi connectivity index (χ4v) is 1.80. The normalized spacial score (nSPS) is 10.6. The molecule has 0 radical (unpaired) electrons. The lowest BCUT2D eigenvalue weighted by molar-refractivity contribution is 0.0938. The number of hydrogen-bond donors (Lipinski definition) is 1. The third kappa shape index (κ3) is 3.60. The molecular formula is C15H19N3O2. The van der Waals surface area contributed by atoms with Gasteiger partial charge in [0, 0.05) is 19.3 Å². The van der Waals surface area contributed by atoms with Gasteiger partial charge in [0.1, 0.15) is 12.2 Å². The third-order valence-corrected chi connectivity index (χ3v) is 2.68. The van der Waals surface area contributed by atoms with E-state index < -0.39 is 0 Å². The van der Waals surface area contributed by atoms with Gasteiger partial charge in [0.05, 0.1) is 0 Å². The highest BCUT2D eigenvalue weighted by Gasteiger charge is 2.17. The second kappa shape index (κ2) is 6.23. The zero-order chi connectivity index (χ0) is 14.5. The molecule has 2 aromatic rings. The van der Waals surface area contributed by atoms with Crippen molar-refractivity contribution in [1.29, 1.82) is 0 Å². The molecule has 0 fully saturated rings. The molecule has 5 nitrogen and oxygen atoms in total. The van der Waals surface area contributed by atoms with Crippen molar-refractivity contribution in [3.8, 4) is 5.88 Å². The maximum absolute atomic E-state index is 12.1. The maximum atomic E-state index is 12.1. The lowest BCUT2D eigenvalue weighted by atomic mass is 10.2. The van der Waals surface area contributed by atoms with Crippen LogP contribution in [0.1, 0.15) is 29.8 Å². The van der Waals surface area contributed by atoms with E-state index in [0.29, 0.717) is 18.1 Å². The summed E-state index contributed by atoms with van der Waals surface area (Å²) in [5, 5.41) is 7.03. The van der Waals surface area contributed by atoms with Crippen molar-refractivity contribution in [2.24, 2.45) is 7.05 Å². The van der Waals surface area contributed by atoms with Gasteiger partial charge in [-0.05, 0) is 19.4 Å². The molecule has 106 valence electrons. The largest absolute Gasteiger partial charge is 0.471 e. The molecule has 0 spiro atoms. The molecule has 1 aromatic carbocycles. The number of rotatable bonds is 5. The predicted octanol–water partition coefficient (Wildman–Crippen LogP) is 2.14. The zero-order valence-electron chi connectivity index (χ0n) is 12.0. The van der Waals surface area contributed by atoms with E-state index in [1.165, 1.54) is 0 Å². The Morgan fingerprint density at radius 1 is 1.35 bits per heavy atom. The van der Waals surface area contributed by atoms with Crippen LogP contribution in [0.3, 0.4) is 0 Å². The molecular weight excluding hydrogens is 254 g/mol. The van der Waals surface area contributed by atoms with Crippen molar-refractivity contribution in [3.63, 3.8) is 0 Å². The number of nitrogens with zero attached hydrogens (tertiary/aromatic N) is 2. The van der Waals surface area contributed by atoms with Crippen LogP contribution in [-0.2, 0) is 13.7 Å². The summed E-state index contributed by atoms with van der Waals surface area (Å²) in [5.74, 6) is 0.186. The van der Waals surface area contributed by atoms with E-state index in [2.05, 4.69) is 10.4 Å². The van der Waals surface area contributed by atoms with Crippen LogP contribution in [0, 0.1) is 0 Å². The van der Waals surface area contributed by atoms with E-state index >= 15 is 0 Å². The number of amides is 1. The number of hydrogen-bond acceptors (Lipinski definition) is 3. The zero-order valence-corrected chi connectivity index (χ0v) is 12.0. The maximum Gasteiger partial charge on any atom is 0.258 e. The molecule has 0 aliphatic heterocycles. The number of nitrogens with one attached hydrogen (secondary N) is 1. The summed E-state index contributed by atoms with van der Waals surface area (Å²) in [4.78, 5) is 12.1. The summed E-state index contributed by atoms with van der Waals surface area (Å²) in [6.07, 6.45) is 1.66. The van der Waals surface area contributed by atoms with Crippen molar-refractivity contribution < 1.29 is 9.53 Å². The summed E-state index contributed by atoms with van der Waals surface area (Å²) in [7, 11) is 1.77. The van der Waals surface area contributed by atoms with Gasteiger partial charge in [0.15, 0.2) is 0 Å². The number of ether oxygens (including phenoxy) is 1. The molecule has 1 aromatic heterocycles. The Morgan fingerprint density at radius 3 is 2.70 bits per heavy atom. The van der Waals surface area contributed by atoms with E-state index in [1.54, 1.807) is 17.9 Å². The summed E-state index contributed by atoms with van der Waals surface area (Å²) < 4.78 is 7.23. The Kier molecular flexibility index (Phi) is 4.40. The molecule has 1 N–H and O–H groups in total.